The zero-order valence-electron chi connectivity index (χ0n) is 11.6. The number of aryl methyl sites for hydroxylation is 1. The summed E-state index contributed by atoms with van der Waals surface area (Å²) in [6.07, 6.45) is 2.41. The van der Waals surface area contributed by atoms with E-state index in [1.807, 2.05) is 39.1 Å². The maximum atomic E-state index is 12.0. The number of hydrogen-bond donors (Lipinski definition) is 1. The predicted octanol–water partition coefficient (Wildman–Crippen LogP) is 2.21. The van der Waals surface area contributed by atoms with Gasteiger partial charge in [-0.05, 0) is 32.3 Å². The Kier molecular flexibility index (Phi) is 5.35. The lowest BCUT2D eigenvalue weighted by Gasteiger charge is -2.34. The van der Waals surface area contributed by atoms with E-state index in [-0.39, 0.29) is 11.4 Å². The van der Waals surface area contributed by atoms with E-state index in [0.29, 0.717) is 13.0 Å². The van der Waals surface area contributed by atoms with Gasteiger partial charge in [-0.25, -0.2) is 0 Å². The molecule has 18 heavy (non-hydrogen) atoms. The fraction of sp³-hybridized carbons (Fsp3) is 0.533. The lowest BCUT2D eigenvalue weighted by molar-refractivity contribution is -0.134. The third-order valence-electron chi connectivity index (χ3n) is 3.48. The number of nitrogens with two attached hydrogens (primary N) is 1. The zero-order chi connectivity index (χ0) is 13.6. The van der Waals surface area contributed by atoms with E-state index < -0.39 is 0 Å². The molecule has 2 N–H and O–H groups in total. The Morgan fingerprint density at radius 2 is 1.89 bits per heavy atom. The predicted molar refractivity (Wildman–Crippen MR) is 75.3 cm³/mol. The number of carbonyl (C=O) groups is 1. The van der Waals surface area contributed by atoms with Crippen LogP contribution in [-0.2, 0) is 11.2 Å². The molecule has 0 aliphatic rings. The molecular weight excluding hydrogens is 224 g/mol. The molecule has 0 unspecified atom stereocenters. The first-order valence-electron chi connectivity index (χ1n) is 6.48. The minimum Gasteiger partial charge on any atom is -0.339 e. The molecule has 1 rings (SSSR count). The average molecular weight is 248 g/mol. The molecule has 0 spiro atoms. The smallest absolute Gasteiger partial charge is 0.222 e. The van der Waals surface area contributed by atoms with Gasteiger partial charge in [0.1, 0.15) is 0 Å². The first-order chi connectivity index (χ1) is 8.47. The highest BCUT2D eigenvalue weighted by Gasteiger charge is 2.25. The van der Waals surface area contributed by atoms with Gasteiger partial charge in [0.15, 0.2) is 0 Å². The first-order valence-corrected chi connectivity index (χ1v) is 6.48. The summed E-state index contributed by atoms with van der Waals surface area (Å²) in [4.78, 5) is 13.8. The van der Waals surface area contributed by atoms with Gasteiger partial charge in [-0.1, -0.05) is 30.3 Å². The summed E-state index contributed by atoms with van der Waals surface area (Å²) in [5.74, 6) is 0.168. The van der Waals surface area contributed by atoms with Gasteiger partial charge in [0, 0.05) is 25.6 Å². The van der Waals surface area contributed by atoms with Crippen molar-refractivity contribution in [3.05, 3.63) is 35.9 Å². The molecule has 0 aromatic heterocycles. The van der Waals surface area contributed by atoms with Gasteiger partial charge in [0.2, 0.25) is 5.91 Å². The van der Waals surface area contributed by atoms with Crippen LogP contribution in [0.15, 0.2) is 30.3 Å². The van der Waals surface area contributed by atoms with Crippen LogP contribution in [0.5, 0.6) is 0 Å². The van der Waals surface area contributed by atoms with Crippen LogP contribution in [0.25, 0.3) is 0 Å². The molecule has 3 heteroatoms. The number of hydrogen-bond acceptors (Lipinski definition) is 2. The quantitative estimate of drug-likeness (QED) is 0.839. The molecule has 0 saturated heterocycles. The van der Waals surface area contributed by atoms with Crippen molar-refractivity contribution in [2.75, 3.05) is 13.6 Å². The third kappa shape index (κ3) is 4.15. The van der Waals surface area contributed by atoms with Crippen molar-refractivity contribution < 1.29 is 4.79 Å². The molecular formula is C15H24N2O. The van der Waals surface area contributed by atoms with E-state index in [1.54, 1.807) is 4.90 Å². The van der Waals surface area contributed by atoms with Crippen molar-refractivity contribution in [2.24, 2.45) is 5.73 Å². The van der Waals surface area contributed by atoms with Crippen molar-refractivity contribution in [3.8, 4) is 0 Å². The van der Waals surface area contributed by atoms with Gasteiger partial charge in [-0.2, -0.15) is 0 Å². The topological polar surface area (TPSA) is 46.3 Å². The number of benzene rings is 1. The van der Waals surface area contributed by atoms with Crippen molar-refractivity contribution in [3.63, 3.8) is 0 Å². The standard InChI is InChI=1S/C15H24N2O/c1-15(2,12-16)17(3)14(18)11-7-10-13-8-5-4-6-9-13/h4-6,8-9H,7,10-12,16H2,1-3H3. The van der Waals surface area contributed by atoms with Gasteiger partial charge in [0.25, 0.3) is 0 Å². The Morgan fingerprint density at radius 1 is 1.28 bits per heavy atom. The summed E-state index contributed by atoms with van der Waals surface area (Å²) < 4.78 is 0. The highest BCUT2D eigenvalue weighted by molar-refractivity contribution is 5.76. The molecule has 0 bridgehead atoms. The Labute approximate surface area is 110 Å². The van der Waals surface area contributed by atoms with Crippen LogP contribution in [0.1, 0.15) is 32.3 Å². The van der Waals surface area contributed by atoms with Crippen molar-refractivity contribution in [1.82, 2.24) is 4.90 Å². The van der Waals surface area contributed by atoms with Crippen molar-refractivity contribution in [2.45, 2.75) is 38.6 Å². The molecule has 3 nitrogen and oxygen atoms in total. The minimum absolute atomic E-state index is 0.168. The number of amides is 1. The monoisotopic (exact) mass is 248 g/mol. The molecule has 0 radical (unpaired) electrons. The van der Waals surface area contributed by atoms with E-state index in [2.05, 4.69) is 12.1 Å². The minimum atomic E-state index is -0.260. The summed E-state index contributed by atoms with van der Waals surface area (Å²) >= 11 is 0. The highest BCUT2D eigenvalue weighted by Crippen LogP contribution is 2.13. The molecule has 0 heterocycles. The van der Waals surface area contributed by atoms with Crippen LogP contribution in [0, 0.1) is 0 Å². The lowest BCUT2D eigenvalue weighted by Crippen LogP contribution is -2.49. The van der Waals surface area contributed by atoms with Gasteiger partial charge < -0.3 is 10.6 Å². The van der Waals surface area contributed by atoms with Crippen LogP contribution in [0.3, 0.4) is 0 Å². The molecule has 1 aromatic rings. The SMILES string of the molecule is CN(C(=O)CCCc1ccccc1)C(C)(C)CN. The summed E-state index contributed by atoms with van der Waals surface area (Å²) in [6, 6.07) is 10.3. The summed E-state index contributed by atoms with van der Waals surface area (Å²) in [6.45, 7) is 4.46. The fourth-order valence-corrected chi connectivity index (χ4v) is 1.73. The number of nitrogens with zero attached hydrogens (tertiary/aromatic N) is 1. The van der Waals surface area contributed by atoms with Crippen LogP contribution in [0.2, 0.25) is 0 Å². The first kappa shape index (κ1) is 14.7. The van der Waals surface area contributed by atoms with Gasteiger partial charge >= 0.3 is 0 Å². The highest BCUT2D eigenvalue weighted by atomic mass is 16.2. The Bertz CT molecular complexity index is 373. The number of carbonyl (C=O) groups excluding carboxylic acids is 1. The third-order valence-corrected chi connectivity index (χ3v) is 3.48. The van der Waals surface area contributed by atoms with Crippen molar-refractivity contribution >= 4 is 5.91 Å². The Hall–Kier alpha value is -1.35. The van der Waals surface area contributed by atoms with E-state index in [0.717, 1.165) is 12.8 Å². The second-order valence-electron chi connectivity index (χ2n) is 5.31. The second kappa shape index (κ2) is 6.55. The van der Waals surface area contributed by atoms with E-state index in [1.165, 1.54) is 5.56 Å². The van der Waals surface area contributed by atoms with Crippen molar-refractivity contribution in [1.29, 1.82) is 0 Å². The number of likely N-dealkylation sites (N-methyl/N-ethyl adjacent to an activating group) is 1. The maximum absolute atomic E-state index is 12.0. The second-order valence-corrected chi connectivity index (χ2v) is 5.31. The van der Waals surface area contributed by atoms with E-state index in [4.69, 9.17) is 5.73 Å². The zero-order valence-corrected chi connectivity index (χ0v) is 11.6. The van der Waals surface area contributed by atoms with Gasteiger partial charge in [0.05, 0.1) is 0 Å². The largest absolute Gasteiger partial charge is 0.339 e. The molecule has 0 saturated carbocycles. The normalized spacial score (nSPS) is 11.3. The maximum Gasteiger partial charge on any atom is 0.222 e. The number of rotatable bonds is 6. The average Bonchev–Trinajstić information content (AvgIpc) is 2.39. The molecule has 0 aliphatic heterocycles. The van der Waals surface area contributed by atoms with Crippen LogP contribution in [0.4, 0.5) is 0 Å². The molecule has 0 atom stereocenters. The Balaban J connectivity index is 2.38. The summed E-state index contributed by atoms with van der Waals surface area (Å²) in [5, 5.41) is 0. The van der Waals surface area contributed by atoms with Gasteiger partial charge in [-0.3, -0.25) is 4.79 Å². The van der Waals surface area contributed by atoms with Gasteiger partial charge in [-0.15, -0.1) is 0 Å². The molecule has 100 valence electrons. The molecule has 0 aliphatic carbocycles. The summed E-state index contributed by atoms with van der Waals surface area (Å²) in [5.41, 5.74) is 6.69. The van der Waals surface area contributed by atoms with E-state index in [9.17, 15) is 4.79 Å². The summed E-state index contributed by atoms with van der Waals surface area (Å²) in [7, 11) is 1.83. The van der Waals surface area contributed by atoms with Crippen LogP contribution >= 0.6 is 0 Å². The lowest BCUT2D eigenvalue weighted by atomic mass is 10.0. The van der Waals surface area contributed by atoms with Crippen LogP contribution in [-0.4, -0.2) is 29.9 Å². The van der Waals surface area contributed by atoms with E-state index >= 15 is 0 Å². The van der Waals surface area contributed by atoms with Crippen LogP contribution < -0.4 is 5.73 Å². The molecule has 1 amide bonds. The molecule has 1 aromatic carbocycles. The fourth-order valence-electron chi connectivity index (χ4n) is 1.73. The Morgan fingerprint density at radius 3 is 2.44 bits per heavy atom. The molecule has 0 fully saturated rings.